The van der Waals surface area contributed by atoms with Crippen LogP contribution in [0.5, 0.6) is 5.75 Å². The Labute approximate surface area is 191 Å². The molecule has 0 aliphatic heterocycles. The standard InChI is InChI=1S/C24H24ClNO4S/c1-5-29-24(28)22-21(17-6-8-18(25)9-7-17)16(4)31-23(22)26-20(27)13-30-19-11-14(2)10-15(3)12-19/h6-12H,5,13H2,1-4H3,(H,26,27). The van der Waals surface area contributed by atoms with Crippen molar-refractivity contribution < 1.29 is 19.1 Å². The second kappa shape index (κ2) is 9.98. The fraction of sp³-hybridized carbons (Fsp3) is 0.250. The van der Waals surface area contributed by atoms with Crippen LogP contribution in [0.3, 0.4) is 0 Å². The van der Waals surface area contributed by atoms with E-state index in [-0.39, 0.29) is 19.1 Å². The van der Waals surface area contributed by atoms with Crippen LogP contribution >= 0.6 is 22.9 Å². The van der Waals surface area contributed by atoms with Crippen molar-refractivity contribution >= 4 is 39.8 Å². The average Bonchev–Trinajstić information content (AvgIpc) is 3.02. The summed E-state index contributed by atoms with van der Waals surface area (Å²) in [6.07, 6.45) is 0. The number of ether oxygens (including phenoxy) is 2. The van der Waals surface area contributed by atoms with Crippen LogP contribution in [0.1, 0.15) is 33.3 Å². The molecule has 0 aliphatic rings. The maximum atomic E-state index is 12.8. The van der Waals surface area contributed by atoms with Gasteiger partial charge in [0.15, 0.2) is 6.61 Å². The molecule has 3 rings (SSSR count). The van der Waals surface area contributed by atoms with Crippen LogP contribution in [0.2, 0.25) is 5.02 Å². The third-order valence-electron chi connectivity index (χ3n) is 4.51. The predicted molar refractivity (Wildman–Crippen MR) is 125 cm³/mol. The number of carbonyl (C=O) groups is 2. The lowest BCUT2D eigenvalue weighted by Crippen LogP contribution is -2.21. The summed E-state index contributed by atoms with van der Waals surface area (Å²) in [5.41, 5.74) is 4.01. The van der Waals surface area contributed by atoms with Gasteiger partial charge in [0.05, 0.1) is 6.61 Å². The number of esters is 1. The van der Waals surface area contributed by atoms with Crippen molar-refractivity contribution in [3.05, 3.63) is 69.1 Å². The van der Waals surface area contributed by atoms with Gasteiger partial charge in [0, 0.05) is 15.5 Å². The Kier molecular flexibility index (Phi) is 7.36. The maximum absolute atomic E-state index is 12.8. The number of anilines is 1. The highest BCUT2D eigenvalue weighted by molar-refractivity contribution is 7.17. The summed E-state index contributed by atoms with van der Waals surface area (Å²) in [6.45, 7) is 7.65. The van der Waals surface area contributed by atoms with Gasteiger partial charge in [0.1, 0.15) is 16.3 Å². The van der Waals surface area contributed by atoms with E-state index in [9.17, 15) is 9.59 Å². The van der Waals surface area contributed by atoms with Crippen molar-refractivity contribution in [3.63, 3.8) is 0 Å². The maximum Gasteiger partial charge on any atom is 0.341 e. The zero-order valence-corrected chi connectivity index (χ0v) is 19.4. The number of amides is 1. The van der Waals surface area contributed by atoms with Crippen LogP contribution in [0.15, 0.2) is 42.5 Å². The van der Waals surface area contributed by atoms with Crippen molar-refractivity contribution in [2.45, 2.75) is 27.7 Å². The Hall–Kier alpha value is -2.83. The number of halogens is 1. The van der Waals surface area contributed by atoms with E-state index < -0.39 is 5.97 Å². The minimum Gasteiger partial charge on any atom is -0.484 e. The topological polar surface area (TPSA) is 64.6 Å². The highest BCUT2D eigenvalue weighted by Crippen LogP contribution is 2.40. The Morgan fingerprint density at radius 1 is 1.03 bits per heavy atom. The largest absolute Gasteiger partial charge is 0.484 e. The Morgan fingerprint density at radius 2 is 1.68 bits per heavy atom. The molecule has 0 radical (unpaired) electrons. The Balaban J connectivity index is 1.86. The van der Waals surface area contributed by atoms with Crippen molar-refractivity contribution in [1.29, 1.82) is 0 Å². The molecule has 0 saturated carbocycles. The average molecular weight is 458 g/mol. The molecule has 31 heavy (non-hydrogen) atoms. The molecule has 0 aliphatic carbocycles. The monoisotopic (exact) mass is 457 g/mol. The van der Waals surface area contributed by atoms with Crippen LogP contribution in [0.4, 0.5) is 5.00 Å². The van der Waals surface area contributed by atoms with Crippen LogP contribution in [0, 0.1) is 20.8 Å². The van der Waals surface area contributed by atoms with E-state index in [1.807, 2.05) is 51.1 Å². The highest BCUT2D eigenvalue weighted by atomic mass is 35.5. The first-order valence-corrected chi connectivity index (χ1v) is 11.0. The molecular weight excluding hydrogens is 434 g/mol. The third-order valence-corrected chi connectivity index (χ3v) is 5.79. The fourth-order valence-corrected chi connectivity index (χ4v) is 4.53. The number of thiophene rings is 1. The van der Waals surface area contributed by atoms with Gasteiger partial charge in [0.2, 0.25) is 0 Å². The molecule has 162 valence electrons. The molecule has 5 nitrogen and oxygen atoms in total. The summed E-state index contributed by atoms with van der Waals surface area (Å²) in [4.78, 5) is 26.2. The molecule has 2 aromatic carbocycles. The SMILES string of the molecule is CCOC(=O)c1c(NC(=O)COc2cc(C)cc(C)c2)sc(C)c1-c1ccc(Cl)cc1. The molecule has 3 aromatic rings. The quantitative estimate of drug-likeness (QED) is 0.430. The van der Waals surface area contributed by atoms with Gasteiger partial charge in [0.25, 0.3) is 5.91 Å². The number of nitrogens with one attached hydrogen (secondary N) is 1. The van der Waals surface area contributed by atoms with Crippen molar-refractivity contribution in [3.8, 4) is 16.9 Å². The Bertz CT molecular complexity index is 1090. The van der Waals surface area contributed by atoms with Gasteiger partial charge in [-0.2, -0.15) is 0 Å². The lowest BCUT2D eigenvalue weighted by Gasteiger charge is -2.10. The van der Waals surface area contributed by atoms with E-state index in [0.29, 0.717) is 21.3 Å². The molecule has 0 saturated heterocycles. The summed E-state index contributed by atoms with van der Waals surface area (Å²) in [6, 6.07) is 13.0. The predicted octanol–water partition coefficient (Wildman–Crippen LogP) is 6.19. The first-order chi connectivity index (χ1) is 14.8. The van der Waals surface area contributed by atoms with Crippen LogP contribution in [-0.2, 0) is 9.53 Å². The molecule has 1 amide bonds. The normalized spacial score (nSPS) is 10.6. The first kappa shape index (κ1) is 22.8. The van der Waals surface area contributed by atoms with Crippen LogP contribution in [-0.4, -0.2) is 25.1 Å². The van der Waals surface area contributed by atoms with Gasteiger partial charge in [-0.1, -0.05) is 29.8 Å². The van der Waals surface area contributed by atoms with E-state index >= 15 is 0 Å². The van der Waals surface area contributed by atoms with Gasteiger partial charge in [-0.15, -0.1) is 11.3 Å². The van der Waals surface area contributed by atoms with E-state index in [0.717, 1.165) is 27.1 Å². The third kappa shape index (κ3) is 5.66. The van der Waals surface area contributed by atoms with Gasteiger partial charge in [-0.25, -0.2) is 4.79 Å². The van der Waals surface area contributed by atoms with E-state index in [4.69, 9.17) is 21.1 Å². The minimum atomic E-state index is -0.484. The molecule has 0 atom stereocenters. The van der Waals surface area contributed by atoms with Crippen molar-refractivity contribution in [2.75, 3.05) is 18.5 Å². The molecule has 0 fully saturated rings. The summed E-state index contributed by atoms with van der Waals surface area (Å²) in [5, 5.41) is 3.86. The lowest BCUT2D eigenvalue weighted by molar-refractivity contribution is -0.118. The zero-order valence-electron chi connectivity index (χ0n) is 17.9. The number of carbonyl (C=O) groups excluding carboxylic acids is 2. The minimum absolute atomic E-state index is 0.168. The summed E-state index contributed by atoms with van der Waals surface area (Å²) in [5.74, 6) is -0.210. The van der Waals surface area contributed by atoms with E-state index in [2.05, 4.69) is 5.32 Å². The number of hydrogen-bond acceptors (Lipinski definition) is 5. The van der Waals surface area contributed by atoms with Crippen molar-refractivity contribution in [2.24, 2.45) is 0 Å². The number of aryl methyl sites for hydroxylation is 3. The van der Waals surface area contributed by atoms with Crippen molar-refractivity contribution in [1.82, 2.24) is 0 Å². The summed E-state index contributed by atoms with van der Waals surface area (Å²) >= 11 is 7.34. The first-order valence-electron chi connectivity index (χ1n) is 9.86. The molecule has 0 unspecified atom stereocenters. The van der Waals surface area contributed by atoms with E-state index in [1.165, 1.54) is 11.3 Å². The smallest absolute Gasteiger partial charge is 0.341 e. The van der Waals surface area contributed by atoms with Gasteiger partial charge < -0.3 is 14.8 Å². The fourth-order valence-electron chi connectivity index (χ4n) is 3.32. The van der Waals surface area contributed by atoms with Crippen LogP contribution in [0.25, 0.3) is 11.1 Å². The molecule has 7 heteroatoms. The van der Waals surface area contributed by atoms with Gasteiger partial charge in [-0.3, -0.25) is 4.79 Å². The zero-order chi connectivity index (χ0) is 22.5. The highest BCUT2D eigenvalue weighted by Gasteiger charge is 2.25. The van der Waals surface area contributed by atoms with Gasteiger partial charge >= 0.3 is 5.97 Å². The van der Waals surface area contributed by atoms with Gasteiger partial charge in [-0.05, 0) is 68.7 Å². The Morgan fingerprint density at radius 3 is 2.29 bits per heavy atom. The van der Waals surface area contributed by atoms with E-state index in [1.54, 1.807) is 19.1 Å². The second-order valence-electron chi connectivity index (χ2n) is 7.13. The lowest BCUT2D eigenvalue weighted by atomic mass is 10.0. The second-order valence-corrected chi connectivity index (χ2v) is 8.79. The molecule has 1 aromatic heterocycles. The molecule has 1 heterocycles. The number of benzene rings is 2. The summed E-state index contributed by atoms with van der Waals surface area (Å²) in [7, 11) is 0. The number of rotatable bonds is 7. The summed E-state index contributed by atoms with van der Waals surface area (Å²) < 4.78 is 10.9. The van der Waals surface area contributed by atoms with Crippen LogP contribution < -0.4 is 10.1 Å². The molecule has 0 spiro atoms. The molecule has 0 bridgehead atoms. The molecular formula is C24H24ClNO4S. The molecule has 1 N–H and O–H groups in total. The number of hydrogen-bond donors (Lipinski definition) is 1.